The molecule has 14 heteroatoms. The van der Waals surface area contributed by atoms with Crippen molar-refractivity contribution < 1.29 is 43.3 Å². The van der Waals surface area contributed by atoms with E-state index < -0.39 is 5.97 Å². The first-order chi connectivity index (χ1) is 31.4. The van der Waals surface area contributed by atoms with Gasteiger partial charge in [0, 0.05) is 71.1 Å². The van der Waals surface area contributed by atoms with E-state index in [0.717, 1.165) is 28.7 Å². The number of aryl methyl sites for hydroxylation is 1. The molecule has 65 heavy (non-hydrogen) atoms. The van der Waals surface area contributed by atoms with E-state index in [-0.39, 0.29) is 68.4 Å². The van der Waals surface area contributed by atoms with Gasteiger partial charge >= 0.3 is 5.97 Å². The largest absolute Gasteiger partial charge is 0.485 e. The predicted molar refractivity (Wildman–Crippen MR) is 250 cm³/mol. The summed E-state index contributed by atoms with van der Waals surface area (Å²) in [5, 5.41) is 17.6. The lowest BCUT2D eigenvalue weighted by molar-refractivity contribution is -0.140. The molecular formula is C51H65N5O9. The molecule has 4 aromatic rings. The summed E-state index contributed by atoms with van der Waals surface area (Å²) in [5.74, 6) is -1.35. The fraction of sp³-hybridized carbons (Fsp3) is 0.412. The summed E-state index contributed by atoms with van der Waals surface area (Å²) in [4.78, 5) is 78.9. The molecule has 4 aromatic carbocycles. The Bertz CT molecular complexity index is 2150. The number of aliphatic carboxylic acids is 1. The Labute approximate surface area is 383 Å². The molecule has 0 aliphatic rings. The third-order valence-electron chi connectivity index (χ3n) is 11.0. The lowest BCUT2D eigenvalue weighted by atomic mass is 10.0. The molecule has 0 aromatic heterocycles. The Morgan fingerprint density at radius 2 is 1.09 bits per heavy atom. The molecule has 0 bridgehead atoms. The number of rotatable bonds is 29. The van der Waals surface area contributed by atoms with Gasteiger partial charge < -0.3 is 40.3 Å². The van der Waals surface area contributed by atoms with Crippen molar-refractivity contribution in [3.63, 3.8) is 0 Å². The van der Waals surface area contributed by atoms with Crippen molar-refractivity contribution in [2.75, 3.05) is 46.3 Å². The molecule has 5 amide bonds. The van der Waals surface area contributed by atoms with Crippen LogP contribution in [-0.4, -0.2) is 96.7 Å². The molecule has 4 rings (SSSR count). The van der Waals surface area contributed by atoms with E-state index in [0.29, 0.717) is 94.1 Å². The van der Waals surface area contributed by atoms with Gasteiger partial charge in [-0.2, -0.15) is 0 Å². The summed E-state index contributed by atoms with van der Waals surface area (Å²) in [6.45, 7) is 6.82. The zero-order valence-electron chi connectivity index (χ0n) is 38.1. The molecule has 0 fully saturated rings. The smallest absolute Gasteiger partial charge is 0.303 e. The van der Waals surface area contributed by atoms with Crippen LogP contribution in [0.5, 0.6) is 11.5 Å². The van der Waals surface area contributed by atoms with Crippen LogP contribution in [0.4, 0.5) is 0 Å². The Kier molecular flexibility index (Phi) is 22.1. The minimum Gasteiger partial charge on any atom is -0.485 e. The van der Waals surface area contributed by atoms with Gasteiger partial charge in [0.15, 0.2) is 11.5 Å². The van der Waals surface area contributed by atoms with Crippen LogP contribution in [0.25, 0.3) is 0 Å². The molecule has 0 saturated heterocycles. The highest BCUT2D eigenvalue weighted by Gasteiger charge is 2.20. The Morgan fingerprint density at radius 3 is 1.78 bits per heavy atom. The van der Waals surface area contributed by atoms with E-state index in [4.69, 9.17) is 14.6 Å². The quantitative estimate of drug-likeness (QED) is 0.0417. The summed E-state index contributed by atoms with van der Waals surface area (Å²) >= 11 is 0. The number of unbranched alkanes of at least 4 members (excludes halogenated alkanes) is 3. The SMILES string of the molecule is Cc1cccc(C(=O)NCCCCN(CCCNC(=O)c2cccc(OCc3ccccc3)c2OCc2ccccc2)C(=O)CCC(=O)NCCCCCN(C)C(=O)CCC(=O)O)c1C. The zero-order valence-corrected chi connectivity index (χ0v) is 38.1. The van der Waals surface area contributed by atoms with Crippen LogP contribution in [0.15, 0.2) is 97.1 Å². The number of ether oxygens (including phenoxy) is 2. The van der Waals surface area contributed by atoms with Crippen molar-refractivity contribution in [1.82, 2.24) is 25.8 Å². The number of carbonyl (C=O) groups is 6. The molecule has 348 valence electrons. The van der Waals surface area contributed by atoms with Crippen molar-refractivity contribution in [3.8, 4) is 11.5 Å². The second-order valence-corrected chi connectivity index (χ2v) is 16.0. The number of nitrogens with one attached hydrogen (secondary N) is 3. The van der Waals surface area contributed by atoms with Crippen molar-refractivity contribution in [2.45, 2.75) is 91.3 Å². The topological polar surface area (TPSA) is 184 Å². The highest BCUT2D eigenvalue weighted by atomic mass is 16.5. The minimum absolute atomic E-state index is 0.0166. The lowest BCUT2D eigenvalue weighted by Gasteiger charge is -2.23. The van der Waals surface area contributed by atoms with Crippen LogP contribution in [0, 0.1) is 13.8 Å². The van der Waals surface area contributed by atoms with Crippen molar-refractivity contribution in [3.05, 3.63) is 130 Å². The molecule has 14 nitrogen and oxygen atoms in total. The first-order valence-corrected chi connectivity index (χ1v) is 22.5. The van der Waals surface area contributed by atoms with Crippen LogP contribution in [0.3, 0.4) is 0 Å². The third kappa shape index (κ3) is 18.5. The van der Waals surface area contributed by atoms with Gasteiger partial charge in [-0.1, -0.05) is 78.9 Å². The predicted octanol–water partition coefficient (Wildman–Crippen LogP) is 7.01. The first-order valence-electron chi connectivity index (χ1n) is 22.5. The van der Waals surface area contributed by atoms with Gasteiger partial charge in [0.05, 0.1) is 12.0 Å². The fourth-order valence-corrected chi connectivity index (χ4v) is 6.95. The van der Waals surface area contributed by atoms with E-state index in [1.807, 2.05) is 86.6 Å². The normalized spacial score (nSPS) is 10.7. The fourth-order valence-electron chi connectivity index (χ4n) is 6.95. The van der Waals surface area contributed by atoms with Crippen LogP contribution in [0.1, 0.15) is 107 Å². The van der Waals surface area contributed by atoms with Crippen LogP contribution >= 0.6 is 0 Å². The van der Waals surface area contributed by atoms with Gasteiger partial charge in [-0.3, -0.25) is 28.8 Å². The molecule has 4 N–H and O–H groups in total. The van der Waals surface area contributed by atoms with Crippen LogP contribution in [-0.2, 0) is 32.4 Å². The summed E-state index contributed by atoms with van der Waals surface area (Å²) in [7, 11) is 1.65. The summed E-state index contributed by atoms with van der Waals surface area (Å²) < 4.78 is 12.4. The molecule has 0 aliphatic heterocycles. The molecule has 0 saturated carbocycles. The van der Waals surface area contributed by atoms with Gasteiger partial charge in [0.25, 0.3) is 11.8 Å². The Morgan fingerprint density at radius 1 is 0.538 bits per heavy atom. The van der Waals surface area contributed by atoms with E-state index >= 15 is 0 Å². The van der Waals surface area contributed by atoms with E-state index in [9.17, 15) is 28.8 Å². The van der Waals surface area contributed by atoms with Gasteiger partial charge in [0.2, 0.25) is 17.7 Å². The standard InChI is InChI=1S/C51H65N5O9/c1-38-18-15-23-42(39(38)2)50(62)53-31-12-14-34-56(47(59)27-26-45(57)52-30-11-6-13-33-55(3)46(58)28-29-48(60)61)35-17-32-54-51(63)43-24-16-25-44(64-36-40-19-7-4-8-20-40)49(43)65-37-41-21-9-5-10-22-41/h4-5,7-10,15-16,18-25H,6,11-14,17,26-37H2,1-3H3,(H,52,57)(H,53,62)(H,54,63)(H,60,61). The molecule has 0 aliphatic carbocycles. The number of carbonyl (C=O) groups excluding carboxylic acids is 5. The Balaban J connectivity index is 1.29. The summed E-state index contributed by atoms with van der Waals surface area (Å²) in [6.07, 6.45) is 3.70. The zero-order chi connectivity index (χ0) is 46.8. The van der Waals surface area contributed by atoms with Crippen molar-refractivity contribution in [2.24, 2.45) is 0 Å². The Hall–Kier alpha value is -6.70. The number of amides is 5. The van der Waals surface area contributed by atoms with E-state index in [2.05, 4.69) is 16.0 Å². The van der Waals surface area contributed by atoms with Gasteiger partial charge in [-0.05, 0) is 92.8 Å². The van der Waals surface area contributed by atoms with E-state index in [1.54, 1.807) is 36.2 Å². The van der Waals surface area contributed by atoms with Gasteiger partial charge in [-0.25, -0.2) is 0 Å². The average molecular weight is 892 g/mol. The minimum atomic E-state index is -1.01. The maximum Gasteiger partial charge on any atom is 0.303 e. The molecule has 0 heterocycles. The number of benzene rings is 4. The monoisotopic (exact) mass is 891 g/mol. The highest BCUT2D eigenvalue weighted by molar-refractivity contribution is 5.98. The number of hydrogen-bond acceptors (Lipinski definition) is 8. The number of carboxylic acids is 1. The number of carboxylic acid groups (broad SMARTS) is 1. The maximum absolute atomic E-state index is 13.7. The van der Waals surface area contributed by atoms with Gasteiger partial charge in [0.1, 0.15) is 13.2 Å². The van der Waals surface area contributed by atoms with Crippen LogP contribution in [0.2, 0.25) is 0 Å². The molecule has 0 radical (unpaired) electrons. The highest BCUT2D eigenvalue weighted by Crippen LogP contribution is 2.33. The number of hydrogen-bond donors (Lipinski definition) is 4. The average Bonchev–Trinajstić information content (AvgIpc) is 3.31. The maximum atomic E-state index is 13.7. The second kappa shape index (κ2) is 28.2. The third-order valence-corrected chi connectivity index (χ3v) is 11.0. The van der Waals surface area contributed by atoms with Crippen LogP contribution < -0.4 is 25.4 Å². The molecule has 0 unspecified atom stereocenters. The molecular weight excluding hydrogens is 827 g/mol. The summed E-state index contributed by atoms with van der Waals surface area (Å²) in [6, 6.07) is 30.2. The second-order valence-electron chi connectivity index (χ2n) is 16.0. The lowest BCUT2D eigenvalue weighted by Crippen LogP contribution is -2.36. The van der Waals surface area contributed by atoms with Gasteiger partial charge in [-0.15, -0.1) is 0 Å². The van der Waals surface area contributed by atoms with Crippen molar-refractivity contribution in [1.29, 1.82) is 0 Å². The molecule has 0 atom stereocenters. The number of para-hydroxylation sites is 1. The molecule has 0 spiro atoms. The first kappa shape index (κ1) is 50.9. The summed E-state index contributed by atoms with van der Waals surface area (Å²) in [5.41, 5.74) is 4.84. The van der Waals surface area contributed by atoms with E-state index in [1.165, 1.54) is 4.90 Å². The van der Waals surface area contributed by atoms with Crippen molar-refractivity contribution >= 4 is 35.5 Å². The number of nitrogens with zero attached hydrogens (tertiary/aromatic N) is 2.